The fourth-order valence-corrected chi connectivity index (χ4v) is 2.06. The molecule has 0 fully saturated rings. The molecular weight excluding hydrogens is 257 g/mol. The van der Waals surface area contributed by atoms with E-state index in [1.807, 2.05) is 30.3 Å². The number of rotatable bonds is 6. The molecule has 0 radical (unpaired) electrons. The number of carboxylic acid groups (broad SMARTS) is 1. The van der Waals surface area contributed by atoms with E-state index < -0.39 is 12.0 Å². The van der Waals surface area contributed by atoms with Gasteiger partial charge in [0.1, 0.15) is 5.82 Å². The summed E-state index contributed by atoms with van der Waals surface area (Å²) in [6.07, 6.45) is -0.159. The van der Waals surface area contributed by atoms with Crippen molar-refractivity contribution in [2.24, 2.45) is 0 Å². The van der Waals surface area contributed by atoms with Crippen molar-refractivity contribution < 1.29 is 14.3 Å². The molecule has 0 unspecified atom stereocenters. The number of benzene rings is 2. The Balaban J connectivity index is 2.12. The number of nitrogens with one attached hydrogen (secondary N) is 1. The Bertz CT molecular complexity index is 572. The van der Waals surface area contributed by atoms with Gasteiger partial charge in [0.15, 0.2) is 0 Å². The number of carboxylic acids is 1. The van der Waals surface area contributed by atoms with E-state index in [0.717, 1.165) is 5.56 Å². The first-order valence-electron chi connectivity index (χ1n) is 6.40. The number of hydrogen-bond donors (Lipinski definition) is 2. The highest BCUT2D eigenvalue weighted by atomic mass is 19.1. The van der Waals surface area contributed by atoms with Gasteiger partial charge in [-0.2, -0.15) is 0 Å². The molecule has 0 aliphatic carbocycles. The van der Waals surface area contributed by atoms with E-state index in [2.05, 4.69) is 5.32 Å². The summed E-state index contributed by atoms with van der Waals surface area (Å²) in [5.41, 5.74) is 1.41. The highest BCUT2D eigenvalue weighted by Gasteiger charge is 2.18. The van der Waals surface area contributed by atoms with Crippen LogP contribution in [0.2, 0.25) is 0 Å². The molecule has 0 aliphatic heterocycles. The van der Waals surface area contributed by atoms with Crippen LogP contribution < -0.4 is 5.32 Å². The van der Waals surface area contributed by atoms with Gasteiger partial charge < -0.3 is 10.4 Å². The first-order chi connectivity index (χ1) is 9.66. The van der Waals surface area contributed by atoms with Crippen molar-refractivity contribution in [3.8, 4) is 0 Å². The third kappa shape index (κ3) is 3.90. The predicted octanol–water partition coefficient (Wildman–Crippen LogP) is 3.13. The average molecular weight is 273 g/mol. The Morgan fingerprint density at radius 1 is 1.10 bits per heavy atom. The third-order valence-corrected chi connectivity index (χ3v) is 3.05. The Hall–Kier alpha value is -2.20. The first-order valence-corrected chi connectivity index (χ1v) is 6.40. The lowest BCUT2D eigenvalue weighted by Crippen LogP contribution is -2.24. The molecule has 2 aromatic rings. The second-order valence-corrected chi connectivity index (χ2v) is 4.54. The monoisotopic (exact) mass is 273 g/mol. The van der Waals surface area contributed by atoms with Crippen LogP contribution in [0, 0.1) is 5.82 Å². The van der Waals surface area contributed by atoms with Crippen molar-refractivity contribution in [1.82, 2.24) is 5.32 Å². The van der Waals surface area contributed by atoms with E-state index >= 15 is 0 Å². The minimum atomic E-state index is -0.959. The summed E-state index contributed by atoms with van der Waals surface area (Å²) in [5.74, 6) is -1.35. The van der Waals surface area contributed by atoms with Gasteiger partial charge in [-0.3, -0.25) is 4.79 Å². The highest BCUT2D eigenvalue weighted by Crippen LogP contribution is 2.20. The van der Waals surface area contributed by atoms with E-state index in [4.69, 9.17) is 5.11 Å². The maximum atomic E-state index is 13.8. The molecule has 0 spiro atoms. The van der Waals surface area contributed by atoms with Crippen LogP contribution in [0.3, 0.4) is 0 Å². The zero-order valence-electron chi connectivity index (χ0n) is 10.9. The Kier molecular flexibility index (Phi) is 4.85. The molecule has 0 aliphatic rings. The highest BCUT2D eigenvalue weighted by molar-refractivity contribution is 5.68. The lowest BCUT2D eigenvalue weighted by molar-refractivity contribution is -0.137. The predicted molar refractivity (Wildman–Crippen MR) is 74.7 cm³/mol. The van der Waals surface area contributed by atoms with Crippen LogP contribution in [-0.4, -0.2) is 11.1 Å². The first kappa shape index (κ1) is 14.2. The van der Waals surface area contributed by atoms with Gasteiger partial charge in [-0.1, -0.05) is 48.5 Å². The van der Waals surface area contributed by atoms with Crippen molar-refractivity contribution in [3.05, 3.63) is 71.5 Å². The van der Waals surface area contributed by atoms with E-state index in [-0.39, 0.29) is 12.2 Å². The SMILES string of the molecule is O=C(O)C[C@@H](NCc1ccccc1)c1ccccc1F. The Morgan fingerprint density at radius 3 is 2.40 bits per heavy atom. The van der Waals surface area contributed by atoms with Crippen LogP contribution in [0.4, 0.5) is 4.39 Å². The van der Waals surface area contributed by atoms with Gasteiger partial charge in [0.2, 0.25) is 0 Å². The quantitative estimate of drug-likeness (QED) is 0.850. The molecule has 0 saturated heterocycles. The van der Waals surface area contributed by atoms with Crippen LogP contribution >= 0.6 is 0 Å². The van der Waals surface area contributed by atoms with Crippen molar-refractivity contribution in [2.75, 3.05) is 0 Å². The Morgan fingerprint density at radius 2 is 1.75 bits per heavy atom. The summed E-state index contributed by atoms with van der Waals surface area (Å²) < 4.78 is 13.8. The lowest BCUT2D eigenvalue weighted by atomic mass is 10.0. The van der Waals surface area contributed by atoms with Gasteiger partial charge in [-0.25, -0.2) is 4.39 Å². The topological polar surface area (TPSA) is 49.3 Å². The normalized spacial score (nSPS) is 12.1. The molecule has 0 bridgehead atoms. The lowest BCUT2D eigenvalue weighted by Gasteiger charge is -2.18. The van der Waals surface area contributed by atoms with Gasteiger partial charge in [0.25, 0.3) is 0 Å². The number of halogens is 1. The van der Waals surface area contributed by atoms with Crippen LogP contribution in [0.1, 0.15) is 23.6 Å². The van der Waals surface area contributed by atoms with Crippen LogP contribution in [0.5, 0.6) is 0 Å². The van der Waals surface area contributed by atoms with Crippen molar-refractivity contribution in [1.29, 1.82) is 0 Å². The van der Waals surface area contributed by atoms with Crippen molar-refractivity contribution in [2.45, 2.75) is 19.0 Å². The molecule has 1 atom stereocenters. The molecule has 0 amide bonds. The molecule has 3 nitrogen and oxygen atoms in total. The smallest absolute Gasteiger partial charge is 0.305 e. The largest absolute Gasteiger partial charge is 0.481 e. The second kappa shape index (κ2) is 6.82. The standard InChI is InChI=1S/C16H16FNO2/c17-14-9-5-4-8-13(14)15(10-16(19)20)18-11-12-6-2-1-3-7-12/h1-9,15,18H,10-11H2,(H,19,20)/t15-/m1/s1. The van der Waals surface area contributed by atoms with Crippen LogP contribution in [-0.2, 0) is 11.3 Å². The number of carbonyl (C=O) groups is 1. The fraction of sp³-hybridized carbons (Fsp3) is 0.188. The fourth-order valence-electron chi connectivity index (χ4n) is 2.06. The van der Waals surface area contributed by atoms with Gasteiger partial charge in [-0.05, 0) is 11.6 Å². The van der Waals surface area contributed by atoms with Gasteiger partial charge in [0, 0.05) is 18.2 Å². The minimum absolute atomic E-state index is 0.159. The minimum Gasteiger partial charge on any atom is -0.481 e. The molecule has 0 saturated carbocycles. The summed E-state index contributed by atoms with van der Waals surface area (Å²) >= 11 is 0. The molecular formula is C16H16FNO2. The summed E-state index contributed by atoms with van der Waals surface area (Å²) in [6, 6.07) is 15.3. The van der Waals surface area contributed by atoms with E-state index in [0.29, 0.717) is 12.1 Å². The maximum Gasteiger partial charge on any atom is 0.305 e. The molecule has 2 aromatic carbocycles. The molecule has 0 heterocycles. The van der Waals surface area contributed by atoms with Crippen LogP contribution in [0.25, 0.3) is 0 Å². The Labute approximate surface area is 117 Å². The van der Waals surface area contributed by atoms with Gasteiger partial charge >= 0.3 is 5.97 Å². The number of aliphatic carboxylic acids is 1. The summed E-state index contributed by atoms with van der Waals surface area (Å²) in [7, 11) is 0. The number of hydrogen-bond acceptors (Lipinski definition) is 2. The van der Waals surface area contributed by atoms with Gasteiger partial charge in [-0.15, -0.1) is 0 Å². The summed E-state index contributed by atoms with van der Waals surface area (Å²) in [6.45, 7) is 0.493. The molecule has 20 heavy (non-hydrogen) atoms. The van der Waals surface area contributed by atoms with E-state index in [1.54, 1.807) is 18.2 Å². The summed E-state index contributed by atoms with van der Waals surface area (Å²) in [5, 5.41) is 12.1. The van der Waals surface area contributed by atoms with Crippen molar-refractivity contribution in [3.63, 3.8) is 0 Å². The van der Waals surface area contributed by atoms with Crippen molar-refractivity contribution >= 4 is 5.97 Å². The average Bonchev–Trinajstić information content (AvgIpc) is 2.45. The summed E-state index contributed by atoms with van der Waals surface area (Å²) in [4.78, 5) is 10.9. The van der Waals surface area contributed by atoms with Gasteiger partial charge in [0.05, 0.1) is 6.42 Å². The zero-order chi connectivity index (χ0) is 14.4. The molecule has 2 N–H and O–H groups in total. The van der Waals surface area contributed by atoms with E-state index in [1.165, 1.54) is 6.07 Å². The molecule has 0 aromatic heterocycles. The van der Waals surface area contributed by atoms with E-state index in [9.17, 15) is 9.18 Å². The molecule has 2 rings (SSSR count). The third-order valence-electron chi connectivity index (χ3n) is 3.05. The van der Waals surface area contributed by atoms with Crippen LogP contribution in [0.15, 0.2) is 54.6 Å². The molecule has 4 heteroatoms. The zero-order valence-corrected chi connectivity index (χ0v) is 10.9. The second-order valence-electron chi connectivity index (χ2n) is 4.54. The maximum absolute atomic E-state index is 13.8. The molecule has 104 valence electrons.